The number of allylic oxidation sites excluding steroid dienone is 1. The van der Waals surface area contributed by atoms with E-state index in [1.165, 1.54) is 11.1 Å². The quantitative estimate of drug-likeness (QED) is 0.372. The van der Waals surface area contributed by atoms with Crippen molar-refractivity contribution in [3.05, 3.63) is 90.2 Å². The summed E-state index contributed by atoms with van der Waals surface area (Å²) < 4.78 is 5.74. The molecule has 0 aliphatic heterocycles. The Labute approximate surface area is 127 Å². The third kappa shape index (κ3) is 4.96. The Morgan fingerprint density at radius 1 is 0.857 bits per heavy atom. The highest BCUT2D eigenvalue weighted by molar-refractivity contribution is 5.78. The lowest BCUT2D eigenvalue weighted by Crippen LogP contribution is -1.91. The van der Waals surface area contributed by atoms with E-state index in [0.717, 1.165) is 18.4 Å². The van der Waals surface area contributed by atoms with E-state index < -0.39 is 0 Å². The second kappa shape index (κ2) is 8.80. The minimum absolute atomic E-state index is 0.708. The van der Waals surface area contributed by atoms with Crippen molar-refractivity contribution in [1.82, 2.24) is 0 Å². The molecule has 2 rings (SSSR count). The summed E-state index contributed by atoms with van der Waals surface area (Å²) >= 11 is 0. The van der Waals surface area contributed by atoms with Crippen LogP contribution in [0.15, 0.2) is 79.1 Å². The van der Waals surface area contributed by atoms with Gasteiger partial charge >= 0.3 is 0 Å². The number of benzene rings is 2. The van der Waals surface area contributed by atoms with E-state index in [1.54, 1.807) is 0 Å². The second-order valence-corrected chi connectivity index (χ2v) is 4.80. The van der Waals surface area contributed by atoms with Gasteiger partial charge in [-0.1, -0.05) is 79.7 Å². The molecule has 108 valence electrons. The molecule has 0 amide bonds. The molecule has 0 N–H and O–H groups in total. The minimum atomic E-state index is 0.708. The fourth-order valence-corrected chi connectivity index (χ4v) is 2.10. The lowest BCUT2D eigenvalue weighted by Gasteiger charge is -2.09. The first kappa shape index (κ1) is 15.1. The molecular weight excluding hydrogens is 256 g/mol. The van der Waals surface area contributed by atoms with Crippen LogP contribution in [0.1, 0.15) is 30.9 Å². The van der Waals surface area contributed by atoms with Gasteiger partial charge in [-0.2, -0.15) is 0 Å². The third-order valence-corrected chi connectivity index (χ3v) is 3.18. The van der Waals surface area contributed by atoms with Gasteiger partial charge in [0.25, 0.3) is 0 Å². The van der Waals surface area contributed by atoms with Gasteiger partial charge in [0.15, 0.2) is 0 Å². The molecule has 0 aliphatic rings. The van der Waals surface area contributed by atoms with Crippen molar-refractivity contribution >= 4 is 5.57 Å². The third-order valence-electron chi connectivity index (χ3n) is 3.18. The Bertz CT molecular complexity index is 526. The lowest BCUT2D eigenvalue weighted by molar-refractivity contribution is 0.257. The van der Waals surface area contributed by atoms with Gasteiger partial charge in [0.2, 0.25) is 0 Å². The highest BCUT2D eigenvalue weighted by atomic mass is 16.5. The molecule has 0 atom stereocenters. The van der Waals surface area contributed by atoms with Gasteiger partial charge in [-0.3, -0.25) is 0 Å². The highest BCUT2D eigenvalue weighted by Crippen LogP contribution is 2.23. The maximum atomic E-state index is 5.74. The first-order chi connectivity index (χ1) is 10.4. The summed E-state index contributed by atoms with van der Waals surface area (Å²) in [6.07, 6.45) is 8.24. The summed E-state index contributed by atoms with van der Waals surface area (Å²) in [7, 11) is 0. The molecule has 0 bridgehead atoms. The molecule has 0 spiro atoms. The molecule has 0 radical (unpaired) electrons. The van der Waals surface area contributed by atoms with E-state index >= 15 is 0 Å². The van der Waals surface area contributed by atoms with Gasteiger partial charge in [0.05, 0.1) is 12.9 Å². The number of hydrogen-bond acceptors (Lipinski definition) is 1. The summed E-state index contributed by atoms with van der Waals surface area (Å²) in [4.78, 5) is 0. The summed E-state index contributed by atoms with van der Waals surface area (Å²) in [5.41, 5.74) is 3.47. The van der Waals surface area contributed by atoms with Crippen LogP contribution in [0.4, 0.5) is 0 Å². The molecule has 1 nitrogen and oxygen atoms in total. The van der Waals surface area contributed by atoms with Crippen molar-refractivity contribution in [1.29, 1.82) is 0 Å². The van der Waals surface area contributed by atoms with Gasteiger partial charge < -0.3 is 4.74 Å². The maximum absolute atomic E-state index is 5.74. The zero-order chi connectivity index (χ0) is 14.8. The van der Waals surface area contributed by atoms with Crippen LogP contribution in [0.5, 0.6) is 0 Å². The first-order valence-electron chi connectivity index (χ1n) is 7.49. The fraction of sp³-hybridized carbons (Fsp3) is 0.200. The topological polar surface area (TPSA) is 9.23 Å². The molecule has 0 saturated carbocycles. The Morgan fingerprint density at radius 2 is 1.43 bits per heavy atom. The predicted octanol–water partition coefficient (Wildman–Crippen LogP) is 5.45. The molecule has 1 heteroatoms. The largest absolute Gasteiger partial charge is 0.500 e. The zero-order valence-corrected chi connectivity index (χ0v) is 12.5. The molecule has 0 aliphatic carbocycles. The van der Waals surface area contributed by atoms with E-state index in [2.05, 4.69) is 67.6 Å². The average Bonchev–Trinajstić information content (AvgIpc) is 2.56. The number of rotatable bonds is 7. The van der Waals surface area contributed by atoms with E-state index in [1.807, 2.05) is 18.4 Å². The molecule has 2 aromatic carbocycles. The standard InChI is InChI=1S/C20H22O/c1-2-3-4-11-16-21-17-20(18-12-7-5-8-13-18)19-14-9-6-10-15-19/h3-10,12-15,17H,2,11,16H2,1H3/b4-3-. The second-order valence-electron chi connectivity index (χ2n) is 4.80. The molecule has 0 fully saturated rings. The van der Waals surface area contributed by atoms with E-state index in [0.29, 0.717) is 6.61 Å². The summed E-state index contributed by atoms with van der Waals surface area (Å²) in [5.74, 6) is 0. The van der Waals surface area contributed by atoms with Crippen LogP contribution in [0.2, 0.25) is 0 Å². The van der Waals surface area contributed by atoms with E-state index in [9.17, 15) is 0 Å². The van der Waals surface area contributed by atoms with Gasteiger partial charge in [-0.15, -0.1) is 0 Å². The first-order valence-corrected chi connectivity index (χ1v) is 7.49. The van der Waals surface area contributed by atoms with Crippen molar-refractivity contribution < 1.29 is 4.74 Å². The minimum Gasteiger partial charge on any atom is -0.500 e. The van der Waals surface area contributed by atoms with Gasteiger partial charge in [-0.05, 0) is 24.0 Å². The van der Waals surface area contributed by atoms with Gasteiger partial charge in [0.1, 0.15) is 0 Å². The van der Waals surface area contributed by atoms with Crippen molar-refractivity contribution in [3.63, 3.8) is 0 Å². The van der Waals surface area contributed by atoms with Crippen molar-refractivity contribution in [2.24, 2.45) is 0 Å². The molecule has 0 unspecified atom stereocenters. The Kier molecular flexibility index (Phi) is 6.34. The maximum Gasteiger partial charge on any atom is 0.0913 e. The summed E-state index contributed by atoms with van der Waals surface area (Å²) in [6.45, 7) is 2.85. The Hall–Kier alpha value is -2.28. The van der Waals surface area contributed by atoms with Crippen LogP contribution in [0, 0.1) is 0 Å². The Morgan fingerprint density at radius 3 is 1.95 bits per heavy atom. The number of hydrogen-bond donors (Lipinski definition) is 0. The van der Waals surface area contributed by atoms with Crippen LogP contribution in [0.3, 0.4) is 0 Å². The SMILES string of the molecule is CC/C=C\CCOC=C(c1ccccc1)c1ccccc1. The lowest BCUT2D eigenvalue weighted by atomic mass is 9.99. The van der Waals surface area contributed by atoms with Gasteiger partial charge in [-0.25, -0.2) is 0 Å². The molecule has 0 aromatic heterocycles. The van der Waals surface area contributed by atoms with Crippen molar-refractivity contribution in [2.45, 2.75) is 19.8 Å². The molecule has 0 heterocycles. The normalized spacial score (nSPS) is 10.5. The average molecular weight is 278 g/mol. The fourth-order valence-electron chi connectivity index (χ4n) is 2.10. The summed E-state index contributed by atoms with van der Waals surface area (Å²) in [6, 6.07) is 20.7. The number of ether oxygens (including phenoxy) is 1. The zero-order valence-electron chi connectivity index (χ0n) is 12.5. The molecule has 21 heavy (non-hydrogen) atoms. The smallest absolute Gasteiger partial charge is 0.0913 e. The van der Waals surface area contributed by atoms with Crippen LogP contribution < -0.4 is 0 Å². The monoisotopic (exact) mass is 278 g/mol. The molecule has 0 saturated heterocycles. The predicted molar refractivity (Wildman–Crippen MR) is 90.0 cm³/mol. The van der Waals surface area contributed by atoms with Crippen LogP contribution >= 0.6 is 0 Å². The Balaban J connectivity index is 2.11. The highest BCUT2D eigenvalue weighted by Gasteiger charge is 2.04. The van der Waals surface area contributed by atoms with E-state index in [-0.39, 0.29) is 0 Å². The van der Waals surface area contributed by atoms with Crippen molar-refractivity contribution in [3.8, 4) is 0 Å². The van der Waals surface area contributed by atoms with Gasteiger partial charge in [0, 0.05) is 5.57 Å². The van der Waals surface area contributed by atoms with E-state index in [4.69, 9.17) is 4.74 Å². The van der Waals surface area contributed by atoms with Crippen molar-refractivity contribution in [2.75, 3.05) is 6.61 Å². The van der Waals surface area contributed by atoms with Crippen LogP contribution in [-0.4, -0.2) is 6.61 Å². The summed E-state index contributed by atoms with van der Waals surface area (Å²) in [5, 5.41) is 0. The molecule has 2 aromatic rings. The van der Waals surface area contributed by atoms with Crippen LogP contribution in [0.25, 0.3) is 5.57 Å². The van der Waals surface area contributed by atoms with Crippen LogP contribution in [-0.2, 0) is 4.74 Å². The molecular formula is C20H22O.